The molecule has 0 unspecified atom stereocenters. The smallest absolute Gasteiger partial charge is 0.387 e. The van der Waals surface area contributed by atoms with Crippen LogP contribution in [0.25, 0.3) is 11.3 Å². The molecule has 47 heavy (non-hydrogen) atoms. The molecule has 1 aromatic carbocycles. The number of nitriles is 1. The molecule has 0 spiro atoms. The van der Waals surface area contributed by atoms with Crippen molar-refractivity contribution >= 4 is 35.5 Å². The number of hydrazine groups is 1. The van der Waals surface area contributed by atoms with Crippen LogP contribution in [0.3, 0.4) is 0 Å². The van der Waals surface area contributed by atoms with Crippen LogP contribution in [0.1, 0.15) is 25.7 Å². The van der Waals surface area contributed by atoms with E-state index in [0.29, 0.717) is 37.1 Å². The van der Waals surface area contributed by atoms with Crippen molar-refractivity contribution < 1.29 is 23.1 Å². The number of benzene rings is 1. The van der Waals surface area contributed by atoms with Crippen molar-refractivity contribution in [2.75, 3.05) is 51.3 Å². The van der Waals surface area contributed by atoms with Crippen LogP contribution in [0.15, 0.2) is 58.0 Å². The SMILES string of the molecule is CSc1ccc(OC(F)F)c(-c2nn(CC(=O)N3CCN([C@H]4CC[C@H](C#N)CC4)CC3)cc2NC(=O)C2=C3N=CC=CN3N(C)C2)c1. The standard InChI is InChI=1S/C32H37F2N9O3S/c1-39-18-25(30-36-10-3-11-43(30)39)31(45)37-26-19-42(38-29(26)24-16-23(47-2)8-9-27(24)46-32(33)34)20-28(44)41-14-12-40(13-15-41)22-6-4-21(17-35)5-7-22/h3,8-11,16,19,21-22,32H,4-7,12-15,18,20H2,1-2H3,(H,37,45)/t21-,22-. The molecule has 1 saturated heterocycles. The number of piperazine rings is 1. The molecule has 1 saturated carbocycles. The molecule has 3 aliphatic heterocycles. The fourth-order valence-electron chi connectivity index (χ4n) is 6.56. The highest BCUT2D eigenvalue weighted by atomic mass is 32.2. The summed E-state index contributed by atoms with van der Waals surface area (Å²) in [5.41, 5.74) is 1.14. The molecule has 6 rings (SSSR count). The fraction of sp³-hybridized carbons (Fsp3) is 0.469. The van der Waals surface area contributed by atoms with Gasteiger partial charge in [-0.2, -0.15) is 19.1 Å². The van der Waals surface area contributed by atoms with E-state index in [2.05, 4.69) is 26.4 Å². The highest BCUT2D eigenvalue weighted by molar-refractivity contribution is 7.98. The minimum atomic E-state index is -3.07. The predicted molar refractivity (Wildman–Crippen MR) is 173 cm³/mol. The van der Waals surface area contributed by atoms with Crippen molar-refractivity contribution in [1.82, 2.24) is 29.6 Å². The molecule has 2 amide bonds. The Kier molecular flexibility index (Phi) is 9.90. The molecule has 1 aromatic heterocycles. The Morgan fingerprint density at radius 3 is 2.64 bits per heavy atom. The van der Waals surface area contributed by atoms with Crippen LogP contribution in [0.2, 0.25) is 0 Å². The Morgan fingerprint density at radius 1 is 1.17 bits per heavy atom. The number of fused-ring (bicyclic) bond motifs is 1. The summed E-state index contributed by atoms with van der Waals surface area (Å²) in [7, 11) is 1.83. The second-order valence-corrected chi connectivity index (χ2v) is 12.8. The lowest BCUT2D eigenvalue weighted by atomic mass is 9.86. The molecule has 4 aliphatic rings. The first kappa shape index (κ1) is 32.7. The summed E-state index contributed by atoms with van der Waals surface area (Å²) >= 11 is 1.42. The maximum absolute atomic E-state index is 13.7. The summed E-state index contributed by atoms with van der Waals surface area (Å²) in [5.74, 6) is -0.0202. The Hall–Kier alpha value is -4.26. The number of likely N-dealkylation sites (N-methyl/N-ethyl adjacent to an activating group) is 1. The van der Waals surface area contributed by atoms with Crippen molar-refractivity contribution in [3.63, 3.8) is 0 Å². The first-order valence-electron chi connectivity index (χ1n) is 15.6. The van der Waals surface area contributed by atoms with Gasteiger partial charge in [0.05, 0.1) is 23.9 Å². The van der Waals surface area contributed by atoms with E-state index in [1.807, 2.05) is 18.3 Å². The van der Waals surface area contributed by atoms with Gasteiger partial charge in [0.25, 0.3) is 5.91 Å². The number of aliphatic imine (C=N–C) groups is 1. The molecule has 0 radical (unpaired) electrons. The topological polar surface area (TPSA) is 122 Å². The lowest BCUT2D eigenvalue weighted by Crippen LogP contribution is -2.53. The van der Waals surface area contributed by atoms with Crippen molar-refractivity contribution in [2.24, 2.45) is 10.9 Å². The number of amides is 2. The Morgan fingerprint density at radius 2 is 1.94 bits per heavy atom. The van der Waals surface area contributed by atoms with Crippen LogP contribution in [0.5, 0.6) is 5.75 Å². The molecular weight excluding hydrogens is 628 g/mol. The van der Waals surface area contributed by atoms with Gasteiger partial charge in [-0.15, -0.1) is 11.8 Å². The summed E-state index contributed by atoms with van der Waals surface area (Å²) in [6, 6.07) is 7.63. The van der Waals surface area contributed by atoms with Gasteiger partial charge in [-0.3, -0.25) is 24.2 Å². The summed E-state index contributed by atoms with van der Waals surface area (Å²) in [6.07, 6.45) is 12.4. The number of halogens is 2. The molecular formula is C32H37F2N9O3S. The normalized spacial score (nSPS) is 21.7. The summed E-state index contributed by atoms with van der Waals surface area (Å²) in [5, 5.41) is 20.4. The third-order valence-electron chi connectivity index (χ3n) is 9.05. The number of carbonyl (C=O) groups excluding carboxylic acids is 2. The molecule has 0 bridgehead atoms. The van der Waals surface area contributed by atoms with Crippen LogP contribution in [0.4, 0.5) is 14.5 Å². The van der Waals surface area contributed by atoms with E-state index < -0.39 is 12.5 Å². The molecule has 15 heteroatoms. The highest BCUT2D eigenvalue weighted by Gasteiger charge is 2.33. The zero-order valence-electron chi connectivity index (χ0n) is 26.3. The van der Waals surface area contributed by atoms with Crippen LogP contribution in [-0.4, -0.2) is 106 Å². The molecule has 2 fully saturated rings. The van der Waals surface area contributed by atoms with E-state index in [0.717, 1.165) is 43.7 Å². The maximum Gasteiger partial charge on any atom is 0.387 e. The van der Waals surface area contributed by atoms with Gasteiger partial charge in [0.15, 0.2) is 5.82 Å². The zero-order valence-corrected chi connectivity index (χ0v) is 27.1. The number of carbonyl (C=O) groups is 2. The minimum absolute atomic E-state index is 0.0943. The lowest BCUT2D eigenvalue weighted by molar-refractivity contribution is -0.134. The molecule has 2 aromatic rings. The third kappa shape index (κ3) is 7.19. The van der Waals surface area contributed by atoms with Crippen LogP contribution in [0, 0.1) is 17.2 Å². The van der Waals surface area contributed by atoms with Gasteiger partial charge in [-0.25, -0.2) is 10.0 Å². The Bertz CT molecular complexity index is 1640. The van der Waals surface area contributed by atoms with Crippen molar-refractivity contribution in [1.29, 1.82) is 5.26 Å². The largest absolute Gasteiger partial charge is 0.434 e. The number of aromatic nitrogens is 2. The molecule has 1 N–H and O–H groups in total. The van der Waals surface area contributed by atoms with Gasteiger partial charge >= 0.3 is 6.61 Å². The van der Waals surface area contributed by atoms with E-state index in [1.54, 1.807) is 46.7 Å². The van der Waals surface area contributed by atoms with Crippen LogP contribution in [-0.2, 0) is 16.1 Å². The summed E-state index contributed by atoms with van der Waals surface area (Å²) in [4.78, 5) is 36.5. The number of allylic oxidation sites excluding steroid dienone is 1. The second kappa shape index (κ2) is 14.2. The molecule has 248 valence electrons. The third-order valence-corrected chi connectivity index (χ3v) is 9.78. The van der Waals surface area contributed by atoms with E-state index in [4.69, 9.17) is 4.74 Å². The quantitative estimate of drug-likeness (QED) is 0.396. The van der Waals surface area contributed by atoms with Crippen LogP contribution < -0.4 is 10.1 Å². The average molecular weight is 666 g/mol. The number of hydrogen-bond acceptors (Lipinski definition) is 10. The van der Waals surface area contributed by atoms with E-state index >= 15 is 0 Å². The van der Waals surface area contributed by atoms with Crippen molar-refractivity contribution in [3.8, 4) is 23.1 Å². The second-order valence-electron chi connectivity index (χ2n) is 11.9. The Balaban J connectivity index is 1.23. The number of rotatable bonds is 9. The molecule has 12 nitrogen and oxygen atoms in total. The van der Waals surface area contributed by atoms with Gasteiger partial charge in [-0.1, -0.05) is 0 Å². The number of anilines is 1. The lowest BCUT2D eigenvalue weighted by Gasteiger charge is -2.41. The summed E-state index contributed by atoms with van der Waals surface area (Å²) in [6.45, 7) is -0.189. The first-order chi connectivity index (χ1) is 22.7. The summed E-state index contributed by atoms with van der Waals surface area (Å²) < 4.78 is 33.2. The van der Waals surface area contributed by atoms with Crippen molar-refractivity contribution in [3.05, 3.63) is 48.1 Å². The van der Waals surface area contributed by atoms with Gasteiger partial charge in [0.2, 0.25) is 5.91 Å². The van der Waals surface area contributed by atoms with Gasteiger partial charge in [-0.05, 0) is 56.2 Å². The molecule has 0 atom stereocenters. The Labute approximate surface area is 276 Å². The van der Waals surface area contributed by atoms with E-state index in [1.165, 1.54) is 22.5 Å². The van der Waals surface area contributed by atoms with E-state index in [-0.39, 0.29) is 41.1 Å². The van der Waals surface area contributed by atoms with Crippen molar-refractivity contribution in [2.45, 2.75) is 49.8 Å². The monoisotopic (exact) mass is 665 g/mol. The maximum atomic E-state index is 13.7. The highest BCUT2D eigenvalue weighted by Crippen LogP contribution is 2.38. The minimum Gasteiger partial charge on any atom is -0.434 e. The fourth-order valence-corrected chi connectivity index (χ4v) is 7.00. The van der Waals surface area contributed by atoms with Gasteiger partial charge < -0.3 is 15.0 Å². The predicted octanol–water partition coefficient (Wildman–Crippen LogP) is 4.01. The van der Waals surface area contributed by atoms with Crippen LogP contribution >= 0.6 is 11.8 Å². The number of ether oxygens (including phenoxy) is 1. The molecule has 1 aliphatic carbocycles. The number of nitrogens with one attached hydrogen (secondary N) is 1. The van der Waals surface area contributed by atoms with E-state index in [9.17, 15) is 23.6 Å². The zero-order chi connectivity index (χ0) is 33.1. The van der Waals surface area contributed by atoms with Gasteiger partial charge in [0.1, 0.15) is 18.0 Å². The first-order valence-corrected chi connectivity index (χ1v) is 16.8. The van der Waals surface area contributed by atoms with Gasteiger partial charge in [0, 0.05) is 74.3 Å². The number of thioether (sulfide) groups is 1. The number of alkyl halides is 2. The molecule has 4 heterocycles. The number of nitrogens with zero attached hydrogens (tertiary/aromatic N) is 8. The number of hydrogen-bond donors (Lipinski definition) is 1. The average Bonchev–Trinajstić information content (AvgIpc) is 3.64.